The predicted molar refractivity (Wildman–Crippen MR) is 70.7 cm³/mol. The van der Waals surface area contributed by atoms with E-state index >= 15 is 0 Å². The summed E-state index contributed by atoms with van der Waals surface area (Å²) < 4.78 is 0. The van der Waals surface area contributed by atoms with Crippen LogP contribution in [0.5, 0.6) is 0 Å². The van der Waals surface area contributed by atoms with Gasteiger partial charge in [0.05, 0.1) is 4.92 Å². The first-order valence-electron chi connectivity index (χ1n) is 5.18. The van der Waals surface area contributed by atoms with Gasteiger partial charge in [0.25, 0.3) is 5.69 Å². The van der Waals surface area contributed by atoms with Crippen LogP contribution in [0.1, 0.15) is 6.92 Å². The van der Waals surface area contributed by atoms with Crippen LogP contribution in [0, 0.1) is 10.1 Å². The highest BCUT2D eigenvalue weighted by Crippen LogP contribution is 2.32. The minimum atomic E-state index is -0.498. The molecule has 0 bridgehead atoms. The van der Waals surface area contributed by atoms with Gasteiger partial charge in [-0.1, -0.05) is 12.1 Å². The fourth-order valence-electron chi connectivity index (χ4n) is 1.57. The molecule has 0 unspecified atom stereocenters. The third-order valence-electron chi connectivity index (χ3n) is 2.31. The molecule has 0 saturated heterocycles. The molecule has 0 atom stereocenters. The zero-order valence-electron chi connectivity index (χ0n) is 9.54. The highest BCUT2D eigenvalue weighted by atomic mass is 32.1. The number of nitrogens with one attached hydrogen (secondary N) is 1. The number of nitrogens with zero attached hydrogens (tertiary/aromatic N) is 1. The van der Waals surface area contributed by atoms with E-state index in [9.17, 15) is 14.9 Å². The van der Waals surface area contributed by atoms with Crippen LogP contribution in [-0.2, 0) is 4.79 Å². The number of carbonyl (C=O) groups excluding carboxylic acids is 1. The van der Waals surface area contributed by atoms with Crippen molar-refractivity contribution in [2.24, 2.45) is 0 Å². The second kappa shape index (κ2) is 4.97. The van der Waals surface area contributed by atoms with Gasteiger partial charge in [-0.15, -0.1) is 11.3 Å². The van der Waals surface area contributed by atoms with Gasteiger partial charge in [-0.3, -0.25) is 14.9 Å². The van der Waals surface area contributed by atoms with Crippen molar-refractivity contribution >= 4 is 28.6 Å². The summed E-state index contributed by atoms with van der Waals surface area (Å²) in [6.45, 7) is 1.32. The van der Waals surface area contributed by atoms with Gasteiger partial charge in [-0.05, 0) is 23.1 Å². The van der Waals surface area contributed by atoms with Crippen molar-refractivity contribution in [1.82, 2.24) is 0 Å². The normalized spacial score (nSPS) is 10.1. The molecule has 0 saturated carbocycles. The minimum Gasteiger partial charge on any atom is -0.321 e. The largest absolute Gasteiger partial charge is 0.321 e. The number of hydrogen-bond donors (Lipinski definition) is 1. The molecule has 1 amide bonds. The molecule has 1 aromatic carbocycles. The van der Waals surface area contributed by atoms with E-state index in [0.29, 0.717) is 0 Å². The lowest BCUT2D eigenvalue weighted by molar-refractivity contribution is -0.383. The molecule has 1 aromatic heterocycles. The summed E-state index contributed by atoms with van der Waals surface area (Å²) in [7, 11) is 0. The van der Waals surface area contributed by atoms with Crippen LogP contribution in [0.3, 0.4) is 0 Å². The molecule has 0 fully saturated rings. The summed E-state index contributed by atoms with van der Waals surface area (Å²) in [5.41, 5.74) is 0.884. The number of anilines is 1. The maximum absolute atomic E-state index is 11.0. The topological polar surface area (TPSA) is 72.2 Å². The zero-order valence-corrected chi connectivity index (χ0v) is 10.4. The maximum Gasteiger partial charge on any atom is 0.293 e. The molecular weight excluding hydrogens is 252 g/mol. The Kier molecular flexibility index (Phi) is 3.38. The number of nitro groups is 1. The van der Waals surface area contributed by atoms with E-state index in [4.69, 9.17) is 0 Å². The van der Waals surface area contributed by atoms with Crippen molar-refractivity contribution < 1.29 is 9.72 Å². The highest BCUT2D eigenvalue weighted by molar-refractivity contribution is 7.13. The predicted octanol–water partition coefficient (Wildman–Crippen LogP) is 3.28. The average Bonchev–Trinajstić information content (AvgIpc) is 2.82. The molecule has 2 aromatic rings. The number of amides is 1. The summed E-state index contributed by atoms with van der Waals surface area (Å²) in [6.07, 6.45) is 0. The first kappa shape index (κ1) is 12.3. The number of thiophene rings is 1. The third kappa shape index (κ3) is 2.54. The lowest BCUT2D eigenvalue weighted by Gasteiger charge is -2.05. The summed E-state index contributed by atoms with van der Waals surface area (Å²) in [5.74, 6) is -0.332. The summed E-state index contributed by atoms with van der Waals surface area (Å²) in [4.78, 5) is 22.4. The van der Waals surface area contributed by atoms with Gasteiger partial charge in [0.1, 0.15) is 5.69 Å². The van der Waals surface area contributed by atoms with E-state index < -0.39 is 4.92 Å². The Bertz CT molecular complexity index is 593. The molecule has 1 N–H and O–H groups in total. The Morgan fingerprint density at radius 1 is 1.39 bits per heavy atom. The SMILES string of the molecule is CC(=O)Nc1ccc(-c2cccs2)cc1[N+](=O)[O-]. The van der Waals surface area contributed by atoms with E-state index in [1.807, 2.05) is 17.5 Å². The maximum atomic E-state index is 11.0. The quantitative estimate of drug-likeness (QED) is 0.681. The molecule has 0 aliphatic rings. The lowest BCUT2D eigenvalue weighted by Crippen LogP contribution is -2.07. The second-order valence-electron chi connectivity index (χ2n) is 3.65. The highest BCUT2D eigenvalue weighted by Gasteiger charge is 2.16. The Morgan fingerprint density at radius 2 is 2.17 bits per heavy atom. The number of benzene rings is 1. The molecule has 0 radical (unpaired) electrons. The van der Waals surface area contributed by atoms with Crippen LogP contribution in [0.2, 0.25) is 0 Å². The molecule has 0 aliphatic carbocycles. The summed E-state index contributed by atoms with van der Waals surface area (Å²) >= 11 is 1.51. The zero-order chi connectivity index (χ0) is 13.1. The first-order chi connectivity index (χ1) is 8.58. The number of rotatable bonds is 3. The van der Waals surface area contributed by atoms with E-state index in [0.717, 1.165) is 10.4 Å². The van der Waals surface area contributed by atoms with Crippen molar-refractivity contribution in [3.8, 4) is 10.4 Å². The Hall–Kier alpha value is -2.21. The second-order valence-corrected chi connectivity index (χ2v) is 4.60. The Morgan fingerprint density at radius 3 is 2.72 bits per heavy atom. The van der Waals surface area contributed by atoms with Crippen LogP contribution in [0.4, 0.5) is 11.4 Å². The van der Waals surface area contributed by atoms with Crippen molar-refractivity contribution in [3.05, 3.63) is 45.8 Å². The van der Waals surface area contributed by atoms with Gasteiger partial charge in [0, 0.05) is 17.9 Å². The van der Waals surface area contributed by atoms with Crippen molar-refractivity contribution in [2.45, 2.75) is 6.92 Å². The summed E-state index contributed by atoms with van der Waals surface area (Å²) in [6, 6.07) is 8.55. The van der Waals surface area contributed by atoms with E-state index in [1.54, 1.807) is 12.1 Å². The number of nitro benzene ring substituents is 1. The Balaban J connectivity index is 2.46. The van der Waals surface area contributed by atoms with Crippen molar-refractivity contribution in [1.29, 1.82) is 0 Å². The number of carbonyl (C=O) groups is 1. The molecule has 18 heavy (non-hydrogen) atoms. The van der Waals surface area contributed by atoms with E-state index in [2.05, 4.69) is 5.32 Å². The summed E-state index contributed by atoms with van der Waals surface area (Å²) in [5, 5.41) is 15.3. The van der Waals surface area contributed by atoms with Gasteiger partial charge < -0.3 is 5.32 Å². The van der Waals surface area contributed by atoms with Crippen molar-refractivity contribution in [3.63, 3.8) is 0 Å². The molecule has 0 aliphatic heterocycles. The molecule has 92 valence electrons. The number of hydrogen-bond acceptors (Lipinski definition) is 4. The van der Waals surface area contributed by atoms with Gasteiger partial charge in [0.15, 0.2) is 0 Å². The monoisotopic (exact) mass is 262 g/mol. The van der Waals surface area contributed by atoms with Crippen LogP contribution in [0.25, 0.3) is 10.4 Å². The van der Waals surface area contributed by atoms with Crippen LogP contribution in [-0.4, -0.2) is 10.8 Å². The van der Waals surface area contributed by atoms with E-state index in [-0.39, 0.29) is 17.3 Å². The average molecular weight is 262 g/mol. The van der Waals surface area contributed by atoms with E-state index in [1.165, 1.54) is 24.3 Å². The van der Waals surface area contributed by atoms with Crippen LogP contribution in [0.15, 0.2) is 35.7 Å². The van der Waals surface area contributed by atoms with Crippen molar-refractivity contribution in [2.75, 3.05) is 5.32 Å². The van der Waals surface area contributed by atoms with Gasteiger partial charge in [-0.25, -0.2) is 0 Å². The van der Waals surface area contributed by atoms with Gasteiger partial charge >= 0.3 is 0 Å². The molecule has 1 heterocycles. The first-order valence-corrected chi connectivity index (χ1v) is 6.06. The van der Waals surface area contributed by atoms with Gasteiger partial charge in [0.2, 0.25) is 5.91 Å². The van der Waals surface area contributed by atoms with Crippen LogP contribution < -0.4 is 5.32 Å². The molecule has 5 nitrogen and oxygen atoms in total. The standard InChI is InChI=1S/C12H10N2O3S/c1-8(15)13-10-5-4-9(7-11(10)14(16)17)12-3-2-6-18-12/h2-7H,1H3,(H,13,15). The minimum absolute atomic E-state index is 0.101. The molecule has 0 spiro atoms. The molecule has 6 heteroatoms. The molecular formula is C12H10N2O3S. The van der Waals surface area contributed by atoms with Gasteiger partial charge in [-0.2, -0.15) is 0 Å². The fourth-order valence-corrected chi connectivity index (χ4v) is 2.30. The Labute approximate surface area is 107 Å². The smallest absolute Gasteiger partial charge is 0.293 e. The lowest BCUT2D eigenvalue weighted by atomic mass is 10.1. The fraction of sp³-hybridized carbons (Fsp3) is 0.0833. The molecule has 2 rings (SSSR count). The third-order valence-corrected chi connectivity index (χ3v) is 3.23. The van der Waals surface area contributed by atoms with Crippen LogP contribution >= 0.6 is 11.3 Å².